The molecule has 5 heteroatoms. The Hall–Kier alpha value is -0.910. The Morgan fingerprint density at radius 3 is 2.59 bits per heavy atom. The van der Waals surface area contributed by atoms with Gasteiger partial charge in [0.2, 0.25) is 0 Å². The van der Waals surface area contributed by atoms with Crippen molar-refractivity contribution in [3.63, 3.8) is 0 Å². The molecule has 0 spiro atoms. The summed E-state index contributed by atoms with van der Waals surface area (Å²) in [5.41, 5.74) is 1.24. The fraction of sp³-hybridized carbons (Fsp3) is 0.750. The smallest absolute Gasteiger partial charge is 0.171 e. The summed E-state index contributed by atoms with van der Waals surface area (Å²) in [5, 5.41) is 7.54. The van der Waals surface area contributed by atoms with Gasteiger partial charge in [0.1, 0.15) is 0 Å². The third-order valence-corrected chi connectivity index (χ3v) is 2.76. The van der Waals surface area contributed by atoms with E-state index in [1.807, 2.05) is 24.1 Å². The summed E-state index contributed by atoms with van der Waals surface area (Å²) in [6, 6.07) is 0.204. The van der Waals surface area contributed by atoms with Crippen LogP contribution in [0.15, 0.2) is 12.4 Å². The third kappa shape index (κ3) is 4.46. The van der Waals surface area contributed by atoms with Crippen LogP contribution < -0.4 is 5.32 Å². The Balaban J connectivity index is 2.48. The monoisotopic (exact) mass is 241 g/mol. The van der Waals surface area contributed by atoms with E-state index in [1.165, 1.54) is 5.56 Å². The Kier molecular flexibility index (Phi) is 6.18. The molecule has 0 fully saturated rings. The molecule has 1 aromatic heterocycles. The highest BCUT2D eigenvalue weighted by atomic mass is 16.7. The lowest BCUT2D eigenvalue weighted by atomic mass is 10.1. The zero-order chi connectivity index (χ0) is 12.7. The average molecular weight is 241 g/mol. The maximum Gasteiger partial charge on any atom is 0.171 e. The summed E-state index contributed by atoms with van der Waals surface area (Å²) in [4.78, 5) is 0. The van der Waals surface area contributed by atoms with Gasteiger partial charge in [-0.2, -0.15) is 5.10 Å². The molecule has 0 aromatic carbocycles. The maximum absolute atomic E-state index is 5.30. The van der Waals surface area contributed by atoms with E-state index < -0.39 is 0 Å². The minimum atomic E-state index is -0.202. The zero-order valence-electron chi connectivity index (χ0n) is 11.1. The van der Waals surface area contributed by atoms with E-state index in [0.29, 0.717) is 0 Å². The molecule has 0 aliphatic carbocycles. The molecular formula is C12H23N3O2. The number of methoxy groups -OCH3 is 2. The van der Waals surface area contributed by atoms with Crippen molar-refractivity contribution >= 4 is 0 Å². The van der Waals surface area contributed by atoms with Gasteiger partial charge in [0.15, 0.2) is 6.29 Å². The average Bonchev–Trinajstić information content (AvgIpc) is 2.73. The number of aryl methyl sites for hydroxylation is 2. The molecule has 0 saturated carbocycles. The van der Waals surface area contributed by atoms with Gasteiger partial charge in [-0.1, -0.05) is 6.92 Å². The fourth-order valence-electron chi connectivity index (χ4n) is 1.94. The topological polar surface area (TPSA) is 48.3 Å². The highest BCUT2D eigenvalue weighted by molar-refractivity contribution is 5.04. The van der Waals surface area contributed by atoms with E-state index in [0.717, 1.165) is 19.4 Å². The van der Waals surface area contributed by atoms with Gasteiger partial charge in [-0.05, 0) is 24.9 Å². The molecule has 17 heavy (non-hydrogen) atoms. The number of rotatable bonds is 8. The number of likely N-dealkylation sites (N-methyl/N-ethyl adjacent to an activating group) is 1. The Morgan fingerprint density at radius 1 is 1.41 bits per heavy atom. The second-order valence-electron chi connectivity index (χ2n) is 4.06. The lowest BCUT2D eigenvalue weighted by Gasteiger charge is -2.25. The zero-order valence-corrected chi connectivity index (χ0v) is 11.1. The van der Waals surface area contributed by atoms with Gasteiger partial charge in [0.05, 0.1) is 12.2 Å². The quantitative estimate of drug-likeness (QED) is 0.688. The summed E-state index contributed by atoms with van der Waals surface area (Å²) in [6.07, 6.45) is 5.67. The molecule has 0 bridgehead atoms. The van der Waals surface area contributed by atoms with E-state index in [9.17, 15) is 0 Å². The predicted molar refractivity (Wildman–Crippen MR) is 66.8 cm³/mol. The number of hydrogen-bond acceptors (Lipinski definition) is 4. The van der Waals surface area contributed by atoms with Crippen LogP contribution in [0.3, 0.4) is 0 Å². The molecule has 1 heterocycles. The van der Waals surface area contributed by atoms with Crippen LogP contribution >= 0.6 is 0 Å². The molecule has 0 aliphatic heterocycles. The molecule has 1 N–H and O–H groups in total. The van der Waals surface area contributed by atoms with Crippen molar-refractivity contribution < 1.29 is 9.47 Å². The molecule has 5 nitrogen and oxygen atoms in total. The number of aromatic nitrogens is 2. The molecule has 0 aliphatic rings. The van der Waals surface area contributed by atoms with Crippen LogP contribution in [0.2, 0.25) is 0 Å². The molecule has 1 unspecified atom stereocenters. The van der Waals surface area contributed by atoms with Crippen molar-refractivity contribution in [3.8, 4) is 0 Å². The molecule has 0 amide bonds. The summed E-state index contributed by atoms with van der Waals surface area (Å²) in [5.74, 6) is 0. The molecule has 1 atom stereocenters. The highest BCUT2D eigenvalue weighted by Crippen LogP contribution is 2.09. The summed E-state index contributed by atoms with van der Waals surface area (Å²) >= 11 is 0. The lowest BCUT2D eigenvalue weighted by molar-refractivity contribution is -0.123. The Bertz CT molecular complexity index is 310. The number of nitrogens with zero attached hydrogens (tertiary/aromatic N) is 2. The second kappa shape index (κ2) is 7.42. The van der Waals surface area contributed by atoms with Gasteiger partial charge in [-0.3, -0.25) is 4.68 Å². The third-order valence-electron chi connectivity index (χ3n) is 2.76. The van der Waals surface area contributed by atoms with Crippen LogP contribution in [0.1, 0.15) is 18.9 Å². The van der Waals surface area contributed by atoms with E-state index in [-0.39, 0.29) is 12.3 Å². The van der Waals surface area contributed by atoms with Gasteiger partial charge < -0.3 is 14.8 Å². The van der Waals surface area contributed by atoms with Crippen molar-refractivity contribution in [3.05, 3.63) is 18.0 Å². The van der Waals surface area contributed by atoms with Crippen LogP contribution in [0.4, 0.5) is 0 Å². The molecule has 0 radical (unpaired) electrons. The Morgan fingerprint density at radius 2 is 2.12 bits per heavy atom. The first kappa shape index (κ1) is 14.2. The van der Waals surface area contributed by atoms with Crippen molar-refractivity contribution in [1.82, 2.24) is 15.1 Å². The predicted octanol–water partition coefficient (Wildman–Crippen LogP) is 0.950. The Labute approximate surface area is 103 Å². The fourth-order valence-corrected chi connectivity index (χ4v) is 1.94. The van der Waals surface area contributed by atoms with Crippen LogP contribution in [-0.4, -0.2) is 42.9 Å². The first-order valence-corrected chi connectivity index (χ1v) is 5.97. The van der Waals surface area contributed by atoms with Crippen molar-refractivity contribution in [2.24, 2.45) is 7.05 Å². The first-order chi connectivity index (χ1) is 8.21. The van der Waals surface area contributed by atoms with Crippen molar-refractivity contribution in [1.29, 1.82) is 0 Å². The summed E-state index contributed by atoms with van der Waals surface area (Å²) < 4.78 is 12.4. The van der Waals surface area contributed by atoms with Crippen LogP contribution in [0.5, 0.6) is 0 Å². The summed E-state index contributed by atoms with van der Waals surface area (Å²) in [6.45, 7) is 2.99. The maximum atomic E-state index is 5.30. The van der Waals surface area contributed by atoms with Gasteiger partial charge in [-0.15, -0.1) is 0 Å². The standard InChI is InChI=1S/C12H23N3O2/c1-5-13-11(12(16-3)17-4)7-6-10-8-14-15(2)9-10/h8-9,11-13H,5-7H2,1-4H3. The number of nitrogens with one attached hydrogen (secondary N) is 1. The molecular weight excluding hydrogens is 218 g/mol. The second-order valence-corrected chi connectivity index (χ2v) is 4.06. The van der Waals surface area contributed by atoms with Crippen molar-refractivity contribution in [2.45, 2.75) is 32.1 Å². The van der Waals surface area contributed by atoms with E-state index in [1.54, 1.807) is 14.2 Å². The molecule has 0 saturated heterocycles. The van der Waals surface area contributed by atoms with Crippen LogP contribution in [0.25, 0.3) is 0 Å². The SMILES string of the molecule is CCNC(CCc1cnn(C)c1)C(OC)OC. The first-order valence-electron chi connectivity index (χ1n) is 5.97. The normalized spacial score (nSPS) is 13.2. The minimum absolute atomic E-state index is 0.202. The van der Waals surface area contributed by atoms with Gasteiger partial charge in [0, 0.05) is 27.5 Å². The van der Waals surface area contributed by atoms with E-state index >= 15 is 0 Å². The molecule has 1 aromatic rings. The lowest BCUT2D eigenvalue weighted by Crippen LogP contribution is -2.42. The van der Waals surface area contributed by atoms with Crippen LogP contribution in [-0.2, 0) is 22.9 Å². The largest absolute Gasteiger partial charge is 0.354 e. The van der Waals surface area contributed by atoms with Gasteiger partial charge >= 0.3 is 0 Å². The minimum Gasteiger partial charge on any atom is -0.354 e. The van der Waals surface area contributed by atoms with E-state index in [4.69, 9.17) is 9.47 Å². The molecule has 1 rings (SSSR count). The molecule has 98 valence electrons. The highest BCUT2D eigenvalue weighted by Gasteiger charge is 2.19. The number of hydrogen-bond donors (Lipinski definition) is 1. The summed E-state index contributed by atoms with van der Waals surface area (Å²) in [7, 11) is 5.27. The van der Waals surface area contributed by atoms with Crippen molar-refractivity contribution in [2.75, 3.05) is 20.8 Å². The van der Waals surface area contributed by atoms with Gasteiger partial charge in [0.25, 0.3) is 0 Å². The van der Waals surface area contributed by atoms with Crippen LogP contribution in [0, 0.1) is 0 Å². The van der Waals surface area contributed by atoms with Gasteiger partial charge in [-0.25, -0.2) is 0 Å². The van der Waals surface area contributed by atoms with E-state index in [2.05, 4.69) is 17.3 Å². The number of ether oxygens (including phenoxy) is 2.